The van der Waals surface area contributed by atoms with Crippen molar-refractivity contribution in [2.45, 2.75) is 43.9 Å². The van der Waals surface area contributed by atoms with E-state index in [0.717, 1.165) is 11.3 Å². The number of halogens is 4. The first-order valence-corrected chi connectivity index (χ1v) is 15.5. The minimum atomic E-state index is -2.75. The highest BCUT2D eigenvalue weighted by Gasteiger charge is 2.60. The van der Waals surface area contributed by atoms with Gasteiger partial charge in [-0.3, -0.25) is 14.7 Å². The Morgan fingerprint density at radius 3 is 2.74 bits per heavy atom. The van der Waals surface area contributed by atoms with Gasteiger partial charge in [0.1, 0.15) is 17.7 Å². The molecule has 4 aliphatic rings. The van der Waals surface area contributed by atoms with Crippen LogP contribution in [0, 0.1) is 11.2 Å². The van der Waals surface area contributed by atoms with Gasteiger partial charge in [0.15, 0.2) is 17.2 Å². The number of rotatable bonds is 7. The maximum Gasteiger partial charge on any atom is 0.271 e. The van der Waals surface area contributed by atoms with Crippen molar-refractivity contribution in [3.63, 3.8) is 0 Å². The second kappa shape index (κ2) is 10.6. The number of carbonyl (C=O) groups excluding carboxylic acids is 1. The summed E-state index contributed by atoms with van der Waals surface area (Å²) in [4.78, 5) is 25.7. The number of imidazole rings is 1. The van der Waals surface area contributed by atoms with E-state index in [-0.39, 0.29) is 31.0 Å². The third-order valence-corrected chi connectivity index (χ3v) is 9.80. The Labute approximate surface area is 262 Å². The molecule has 3 aromatic heterocycles. The molecule has 1 aromatic carbocycles. The maximum absolute atomic E-state index is 15.6. The van der Waals surface area contributed by atoms with Crippen molar-refractivity contribution in [1.82, 2.24) is 35.1 Å². The number of amides is 1. The number of hydrogen-bond acceptors (Lipinski definition) is 8. The number of benzene rings is 1. The summed E-state index contributed by atoms with van der Waals surface area (Å²) in [5, 5.41) is 13.3. The van der Waals surface area contributed by atoms with Crippen LogP contribution in [0.25, 0.3) is 16.9 Å². The van der Waals surface area contributed by atoms with Gasteiger partial charge in [0.2, 0.25) is 0 Å². The molecule has 3 N–H and O–H groups in total. The molecule has 14 heteroatoms. The molecule has 1 amide bonds. The number of likely N-dealkylation sites (tertiary alicyclic amines) is 1. The summed E-state index contributed by atoms with van der Waals surface area (Å²) in [6.07, 6.45) is 3.36. The smallest absolute Gasteiger partial charge is 0.271 e. The van der Waals surface area contributed by atoms with E-state index in [1.54, 1.807) is 13.2 Å². The van der Waals surface area contributed by atoms with Crippen molar-refractivity contribution in [2.24, 2.45) is 5.41 Å². The van der Waals surface area contributed by atoms with Gasteiger partial charge in [-0.05, 0) is 42.6 Å². The monoisotopic (exact) mass is 635 g/mol. The molecule has 1 spiro atoms. The van der Waals surface area contributed by atoms with E-state index in [2.05, 4.69) is 25.9 Å². The molecule has 2 saturated heterocycles. The Bertz CT molecular complexity index is 1860. The molecule has 46 heavy (non-hydrogen) atoms. The SMILES string of the molecule is CNc1cc(N2CCc3c(-c4ncc(CN5CC6(CCNCC6(F)F)C5)cc4F)cccc32)nn2c(C(=O)N[C@@H]3C[C@@H]3F)cnc12. The van der Waals surface area contributed by atoms with Gasteiger partial charge in [-0.2, -0.15) is 0 Å². The number of anilines is 3. The van der Waals surface area contributed by atoms with E-state index in [1.807, 2.05) is 34.1 Å². The van der Waals surface area contributed by atoms with Crippen molar-refractivity contribution >= 4 is 28.7 Å². The van der Waals surface area contributed by atoms with E-state index < -0.39 is 35.3 Å². The van der Waals surface area contributed by atoms with Crippen molar-refractivity contribution in [3.8, 4) is 11.3 Å². The average Bonchev–Trinajstić information content (AvgIpc) is 3.37. The van der Waals surface area contributed by atoms with Gasteiger partial charge in [0, 0.05) is 63.2 Å². The minimum Gasteiger partial charge on any atom is -0.385 e. The average molecular weight is 636 g/mol. The maximum atomic E-state index is 15.6. The Hall–Kier alpha value is -4.30. The number of nitrogens with zero attached hydrogens (tertiary/aromatic N) is 6. The summed E-state index contributed by atoms with van der Waals surface area (Å²) in [7, 11) is 1.75. The number of hydrogen-bond donors (Lipinski definition) is 3. The number of alkyl halides is 3. The summed E-state index contributed by atoms with van der Waals surface area (Å²) < 4.78 is 59.7. The Balaban J connectivity index is 1.04. The third-order valence-electron chi connectivity index (χ3n) is 9.80. The number of aromatic nitrogens is 4. The lowest BCUT2D eigenvalue weighted by atomic mass is 9.69. The van der Waals surface area contributed by atoms with Crippen LogP contribution in [0.5, 0.6) is 0 Å². The normalized spacial score (nSPS) is 22.9. The molecule has 3 aliphatic heterocycles. The van der Waals surface area contributed by atoms with Gasteiger partial charge in [0.05, 0.1) is 29.9 Å². The predicted molar refractivity (Wildman–Crippen MR) is 164 cm³/mol. The first-order valence-electron chi connectivity index (χ1n) is 15.5. The zero-order valence-corrected chi connectivity index (χ0v) is 25.2. The number of fused-ring (bicyclic) bond motifs is 2. The van der Waals surface area contributed by atoms with Crippen LogP contribution in [0.15, 0.2) is 42.7 Å². The molecule has 6 heterocycles. The lowest BCUT2D eigenvalue weighted by molar-refractivity contribution is -0.205. The summed E-state index contributed by atoms with van der Waals surface area (Å²) in [5.74, 6) is -3.11. The highest BCUT2D eigenvalue weighted by Crippen LogP contribution is 2.49. The van der Waals surface area contributed by atoms with Crippen LogP contribution in [-0.4, -0.2) is 88.3 Å². The molecule has 0 unspecified atom stereocenters. The fourth-order valence-electron chi connectivity index (χ4n) is 7.15. The van der Waals surface area contributed by atoms with Crippen LogP contribution in [0.4, 0.5) is 34.8 Å². The van der Waals surface area contributed by atoms with Gasteiger partial charge >= 0.3 is 0 Å². The quantitative estimate of drug-likeness (QED) is 0.263. The molecule has 8 rings (SSSR count). The Morgan fingerprint density at radius 1 is 1.17 bits per heavy atom. The standard InChI is InChI=1S/C32H33F4N9O/c1-37-24-11-27(42-45-26(13-40-29(24)45)30(46)41-23-10-21(23)33)44-8-5-19-20(3-2-4-25(19)44)28-22(34)9-18(12-39-28)14-43-16-31(17-43)6-7-38-15-32(31,35)36/h2-4,9,11-13,21,23,37-38H,5-8,10,14-17H2,1H3,(H,41,46)/t21-,23+/m0/s1. The van der Waals surface area contributed by atoms with Crippen LogP contribution in [0.2, 0.25) is 0 Å². The fourth-order valence-corrected chi connectivity index (χ4v) is 7.15. The molecule has 240 valence electrons. The van der Waals surface area contributed by atoms with Crippen LogP contribution >= 0.6 is 0 Å². The van der Waals surface area contributed by atoms with Gasteiger partial charge in [-0.25, -0.2) is 27.1 Å². The second-order valence-electron chi connectivity index (χ2n) is 12.8. The molecular formula is C32H33F4N9O. The third kappa shape index (κ3) is 4.68. The van der Waals surface area contributed by atoms with Gasteiger partial charge in [-0.1, -0.05) is 12.1 Å². The van der Waals surface area contributed by atoms with Crippen LogP contribution in [0.1, 0.15) is 34.5 Å². The van der Waals surface area contributed by atoms with Crippen LogP contribution in [-0.2, 0) is 13.0 Å². The second-order valence-corrected chi connectivity index (χ2v) is 12.8. The molecule has 0 bridgehead atoms. The number of nitrogens with one attached hydrogen (secondary N) is 3. The highest BCUT2D eigenvalue weighted by atomic mass is 19.3. The van der Waals surface area contributed by atoms with E-state index >= 15 is 4.39 Å². The topological polar surface area (TPSA) is 103 Å². The van der Waals surface area contributed by atoms with Gasteiger partial charge in [0.25, 0.3) is 11.8 Å². The van der Waals surface area contributed by atoms with Crippen molar-refractivity contribution in [3.05, 3.63) is 65.4 Å². The predicted octanol–water partition coefficient (Wildman–Crippen LogP) is 3.94. The van der Waals surface area contributed by atoms with Gasteiger partial charge in [-0.15, -0.1) is 5.10 Å². The number of piperidine rings is 1. The van der Waals surface area contributed by atoms with Crippen LogP contribution in [0.3, 0.4) is 0 Å². The largest absolute Gasteiger partial charge is 0.385 e. The van der Waals surface area contributed by atoms with E-state index in [1.165, 1.54) is 16.8 Å². The molecule has 10 nitrogen and oxygen atoms in total. The molecule has 1 saturated carbocycles. The molecular weight excluding hydrogens is 602 g/mol. The Morgan fingerprint density at radius 2 is 2.00 bits per heavy atom. The molecule has 3 fully saturated rings. The number of carbonyl (C=O) groups is 1. The van der Waals surface area contributed by atoms with Gasteiger partial charge < -0.3 is 20.9 Å². The summed E-state index contributed by atoms with van der Waals surface area (Å²) in [6, 6.07) is 8.43. The number of pyridine rings is 1. The first-order chi connectivity index (χ1) is 22.2. The highest BCUT2D eigenvalue weighted by molar-refractivity contribution is 5.94. The minimum absolute atomic E-state index is 0.199. The molecule has 0 radical (unpaired) electrons. The summed E-state index contributed by atoms with van der Waals surface area (Å²) in [6.45, 7) is 1.78. The van der Waals surface area contributed by atoms with Crippen molar-refractivity contribution in [2.75, 3.05) is 50.0 Å². The van der Waals surface area contributed by atoms with E-state index in [0.29, 0.717) is 67.2 Å². The molecule has 2 atom stereocenters. The zero-order valence-electron chi connectivity index (χ0n) is 25.2. The zero-order chi connectivity index (χ0) is 31.8. The molecule has 1 aliphatic carbocycles. The molecule has 4 aromatic rings. The Kier molecular flexibility index (Phi) is 6.73. The fraction of sp³-hybridized carbons (Fsp3) is 0.438. The van der Waals surface area contributed by atoms with Crippen LogP contribution < -0.4 is 20.9 Å². The van der Waals surface area contributed by atoms with E-state index in [9.17, 15) is 18.0 Å². The lowest BCUT2D eigenvalue weighted by Gasteiger charge is -2.56. The summed E-state index contributed by atoms with van der Waals surface area (Å²) >= 11 is 0. The van der Waals surface area contributed by atoms with Crippen molar-refractivity contribution < 1.29 is 22.4 Å². The van der Waals surface area contributed by atoms with E-state index in [4.69, 9.17) is 5.10 Å². The lowest BCUT2D eigenvalue weighted by Crippen LogP contribution is -2.69. The summed E-state index contributed by atoms with van der Waals surface area (Å²) in [5.41, 5.74) is 3.61. The first kappa shape index (κ1) is 29.1. The van der Waals surface area contributed by atoms with Crippen molar-refractivity contribution in [1.29, 1.82) is 0 Å².